The molecular formula is C17H25NO3. The number of benzene rings is 1. The molecule has 0 fully saturated rings. The Morgan fingerprint density at radius 1 is 1.19 bits per heavy atom. The number of rotatable bonds is 9. The first-order valence-electron chi connectivity index (χ1n) is 7.51. The van der Waals surface area contributed by atoms with Gasteiger partial charge in [-0.15, -0.1) is 0 Å². The molecule has 2 rings (SSSR count). The highest BCUT2D eigenvalue weighted by Crippen LogP contribution is 2.26. The van der Waals surface area contributed by atoms with Gasteiger partial charge in [0.15, 0.2) is 0 Å². The van der Waals surface area contributed by atoms with Gasteiger partial charge in [0.1, 0.15) is 18.0 Å². The predicted molar refractivity (Wildman–Crippen MR) is 84.3 cm³/mol. The Labute approximate surface area is 126 Å². The molecule has 1 aromatic heterocycles. The number of para-hydroxylation sites is 1. The smallest absolute Gasteiger partial charge is 0.135 e. The van der Waals surface area contributed by atoms with E-state index in [-0.39, 0.29) is 0 Å². The van der Waals surface area contributed by atoms with Crippen LogP contribution in [0.3, 0.4) is 0 Å². The lowest BCUT2D eigenvalue weighted by Gasteiger charge is -2.09. The van der Waals surface area contributed by atoms with Crippen LogP contribution in [-0.2, 0) is 22.6 Å². The van der Waals surface area contributed by atoms with Gasteiger partial charge in [0.25, 0.3) is 0 Å². The van der Waals surface area contributed by atoms with Crippen LogP contribution in [0.5, 0.6) is 0 Å². The first kappa shape index (κ1) is 16.0. The second-order valence-corrected chi connectivity index (χ2v) is 5.43. The molecule has 0 radical (unpaired) electrons. The van der Waals surface area contributed by atoms with Crippen LogP contribution in [0.25, 0.3) is 11.0 Å². The van der Waals surface area contributed by atoms with Crippen LogP contribution in [0.15, 0.2) is 28.7 Å². The van der Waals surface area contributed by atoms with Crippen LogP contribution < -0.4 is 5.32 Å². The van der Waals surface area contributed by atoms with Gasteiger partial charge in [0, 0.05) is 43.9 Å². The predicted octanol–water partition coefficient (Wildman–Crippen LogP) is 3.48. The molecule has 0 bridgehead atoms. The van der Waals surface area contributed by atoms with Gasteiger partial charge < -0.3 is 19.2 Å². The molecular weight excluding hydrogens is 266 g/mol. The number of fused-ring (bicyclic) bond motifs is 1. The Morgan fingerprint density at radius 2 is 2.00 bits per heavy atom. The van der Waals surface area contributed by atoms with Gasteiger partial charge in [-0.05, 0) is 12.5 Å². The molecule has 1 N–H and O–H groups in total. The van der Waals surface area contributed by atoms with E-state index in [1.807, 2.05) is 18.2 Å². The quantitative estimate of drug-likeness (QED) is 0.718. The number of methoxy groups -OCH3 is 1. The van der Waals surface area contributed by atoms with Crippen molar-refractivity contribution in [3.8, 4) is 0 Å². The molecule has 0 unspecified atom stereocenters. The molecule has 21 heavy (non-hydrogen) atoms. The van der Waals surface area contributed by atoms with Crippen molar-refractivity contribution in [2.24, 2.45) is 0 Å². The van der Waals surface area contributed by atoms with Gasteiger partial charge in [0.05, 0.1) is 0 Å². The Kier molecular flexibility index (Phi) is 6.23. The molecule has 1 heterocycles. The number of ether oxygens (including phenoxy) is 2. The van der Waals surface area contributed by atoms with E-state index < -0.39 is 0 Å². The van der Waals surface area contributed by atoms with Crippen LogP contribution >= 0.6 is 0 Å². The molecule has 0 aliphatic rings. The van der Waals surface area contributed by atoms with Gasteiger partial charge in [-0.25, -0.2) is 0 Å². The van der Waals surface area contributed by atoms with Crippen molar-refractivity contribution in [1.29, 1.82) is 0 Å². The molecule has 4 heteroatoms. The first-order chi connectivity index (χ1) is 10.2. The monoisotopic (exact) mass is 291 g/mol. The van der Waals surface area contributed by atoms with Crippen molar-refractivity contribution in [3.05, 3.63) is 35.6 Å². The van der Waals surface area contributed by atoms with E-state index >= 15 is 0 Å². The third kappa shape index (κ3) is 4.56. The summed E-state index contributed by atoms with van der Waals surface area (Å²) in [4.78, 5) is 0. The minimum atomic E-state index is 0.439. The van der Waals surface area contributed by atoms with Gasteiger partial charge in [-0.3, -0.25) is 0 Å². The maximum absolute atomic E-state index is 5.94. The molecule has 0 spiro atoms. The summed E-state index contributed by atoms with van der Waals surface area (Å²) in [6, 6.07) is 8.58. The number of furan rings is 1. The van der Waals surface area contributed by atoms with E-state index in [0.717, 1.165) is 30.9 Å². The number of hydrogen-bond acceptors (Lipinski definition) is 4. The highest BCUT2D eigenvalue weighted by atomic mass is 16.5. The lowest BCUT2D eigenvalue weighted by atomic mass is 10.1. The molecule has 4 nitrogen and oxygen atoms in total. The molecule has 116 valence electrons. The molecule has 0 saturated heterocycles. The molecule has 0 saturated carbocycles. The first-order valence-corrected chi connectivity index (χ1v) is 7.51. The van der Waals surface area contributed by atoms with Crippen LogP contribution in [0, 0.1) is 0 Å². The largest absolute Gasteiger partial charge is 0.458 e. The van der Waals surface area contributed by atoms with Crippen LogP contribution in [0.1, 0.15) is 31.6 Å². The summed E-state index contributed by atoms with van der Waals surface area (Å²) in [6.07, 6.45) is 0.899. The maximum Gasteiger partial charge on any atom is 0.135 e. The third-order valence-electron chi connectivity index (χ3n) is 3.34. The average molecular weight is 291 g/mol. The zero-order valence-corrected chi connectivity index (χ0v) is 13.1. The fraction of sp³-hybridized carbons (Fsp3) is 0.529. The van der Waals surface area contributed by atoms with E-state index in [1.165, 1.54) is 10.9 Å². The summed E-state index contributed by atoms with van der Waals surface area (Å²) in [6.45, 7) is 7.00. The van der Waals surface area contributed by atoms with Crippen LogP contribution in [0.4, 0.5) is 0 Å². The van der Waals surface area contributed by atoms with E-state index in [2.05, 4.69) is 25.2 Å². The minimum Gasteiger partial charge on any atom is -0.458 e. The molecule has 0 aliphatic heterocycles. The fourth-order valence-corrected chi connectivity index (χ4v) is 2.24. The minimum absolute atomic E-state index is 0.439. The Morgan fingerprint density at radius 3 is 2.76 bits per heavy atom. The van der Waals surface area contributed by atoms with Gasteiger partial charge >= 0.3 is 0 Å². The molecule has 2 aromatic rings. The van der Waals surface area contributed by atoms with Crippen LogP contribution in [-0.4, -0.2) is 26.4 Å². The Bertz CT molecular complexity index is 548. The van der Waals surface area contributed by atoms with Crippen molar-refractivity contribution in [3.63, 3.8) is 0 Å². The molecule has 0 atom stereocenters. The van der Waals surface area contributed by atoms with E-state index in [0.29, 0.717) is 19.3 Å². The Balaban J connectivity index is 2.07. The molecule has 0 aliphatic carbocycles. The zero-order chi connectivity index (χ0) is 15.1. The fourth-order valence-electron chi connectivity index (χ4n) is 2.24. The van der Waals surface area contributed by atoms with Crippen molar-refractivity contribution < 1.29 is 13.9 Å². The normalized spacial score (nSPS) is 11.6. The third-order valence-corrected chi connectivity index (χ3v) is 3.34. The van der Waals surface area contributed by atoms with E-state index in [4.69, 9.17) is 13.9 Å². The summed E-state index contributed by atoms with van der Waals surface area (Å²) >= 11 is 0. The standard InChI is InChI=1S/C17H25NO3/c1-13(2)18-11-15-14-7-4-5-8-16(14)21-17(15)12-20-10-6-9-19-3/h4-5,7-8,13,18H,6,9-12H2,1-3H3. The maximum atomic E-state index is 5.94. The molecule has 1 aromatic carbocycles. The zero-order valence-electron chi connectivity index (χ0n) is 13.1. The Hall–Kier alpha value is -1.36. The highest BCUT2D eigenvalue weighted by Gasteiger charge is 2.14. The van der Waals surface area contributed by atoms with E-state index in [9.17, 15) is 0 Å². The summed E-state index contributed by atoms with van der Waals surface area (Å²) in [5.41, 5.74) is 2.12. The van der Waals surface area contributed by atoms with Gasteiger partial charge in [-0.1, -0.05) is 32.0 Å². The second kappa shape index (κ2) is 8.17. The van der Waals surface area contributed by atoms with Gasteiger partial charge in [0.2, 0.25) is 0 Å². The summed E-state index contributed by atoms with van der Waals surface area (Å²) < 4.78 is 16.7. The SMILES string of the molecule is COCCCOCc1oc2ccccc2c1CNC(C)C. The average Bonchev–Trinajstić information content (AvgIpc) is 2.82. The van der Waals surface area contributed by atoms with Gasteiger partial charge in [-0.2, -0.15) is 0 Å². The van der Waals surface area contributed by atoms with Crippen molar-refractivity contribution >= 4 is 11.0 Å². The molecule has 0 amide bonds. The van der Waals surface area contributed by atoms with E-state index in [1.54, 1.807) is 7.11 Å². The van der Waals surface area contributed by atoms with Crippen molar-refractivity contribution in [1.82, 2.24) is 5.32 Å². The van der Waals surface area contributed by atoms with Crippen LogP contribution in [0.2, 0.25) is 0 Å². The summed E-state index contributed by atoms with van der Waals surface area (Å²) in [5, 5.41) is 4.62. The lowest BCUT2D eigenvalue weighted by Crippen LogP contribution is -2.22. The van der Waals surface area contributed by atoms with Crippen molar-refractivity contribution in [2.45, 2.75) is 39.5 Å². The number of hydrogen-bond donors (Lipinski definition) is 1. The van der Waals surface area contributed by atoms with Crippen molar-refractivity contribution in [2.75, 3.05) is 20.3 Å². The summed E-state index contributed by atoms with van der Waals surface area (Å²) in [5.74, 6) is 0.918. The number of nitrogens with one attached hydrogen (secondary N) is 1. The highest BCUT2D eigenvalue weighted by molar-refractivity contribution is 5.82. The summed E-state index contributed by atoms with van der Waals surface area (Å²) in [7, 11) is 1.70. The second-order valence-electron chi connectivity index (χ2n) is 5.43. The topological polar surface area (TPSA) is 43.6 Å². The lowest BCUT2D eigenvalue weighted by molar-refractivity contribution is 0.0829.